The van der Waals surface area contributed by atoms with Crippen molar-refractivity contribution in [3.8, 4) is 5.75 Å². The third kappa shape index (κ3) is 2.63. The van der Waals surface area contributed by atoms with Crippen molar-refractivity contribution in [1.29, 1.82) is 0 Å². The van der Waals surface area contributed by atoms with Crippen LogP contribution in [0, 0.1) is 6.92 Å². The minimum absolute atomic E-state index is 0.0973. The molecule has 18 heavy (non-hydrogen) atoms. The van der Waals surface area contributed by atoms with Gasteiger partial charge in [0.25, 0.3) is 5.91 Å². The Kier molecular flexibility index (Phi) is 3.23. The first-order valence-electron chi connectivity index (χ1n) is 5.48. The summed E-state index contributed by atoms with van der Waals surface area (Å²) in [6.07, 6.45) is 0. The Morgan fingerprint density at radius 2 is 2.17 bits per heavy atom. The van der Waals surface area contributed by atoms with Crippen LogP contribution >= 0.6 is 0 Å². The van der Waals surface area contributed by atoms with Gasteiger partial charge >= 0.3 is 0 Å². The molecule has 0 radical (unpaired) electrons. The maximum atomic E-state index is 11.7. The number of rotatable bonds is 3. The minimum atomic E-state index is -0.329. The highest BCUT2D eigenvalue weighted by atomic mass is 16.3. The number of phenolic OH excluding ortho intramolecular Hbond substituents is 1. The van der Waals surface area contributed by atoms with Crippen LogP contribution in [-0.4, -0.2) is 11.0 Å². The lowest BCUT2D eigenvalue weighted by Gasteiger charge is -2.06. The number of hydrogen-bond acceptors (Lipinski definition) is 4. The molecule has 1 aromatic heterocycles. The van der Waals surface area contributed by atoms with Gasteiger partial charge in [0.2, 0.25) is 0 Å². The van der Waals surface area contributed by atoms with Crippen molar-refractivity contribution in [3.63, 3.8) is 0 Å². The van der Waals surface area contributed by atoms with E-state index >= 15 is 0 Å². The SMILES string of the molecule is Cc1ccc(C(=O)NCc2cc(N)ccc2O)o1. The maximum Gasteiger partial charge on any atom is 0.287 e. The lowest BCUT2D eigenvalue weighted by molar-refractivity contribution is 0.0921. The summed E-state index contributed by atoms with van der Waals surface area (Å²) in [5, 5.41) is 12.2. The molecule has 94 valence electrons. The number of nitrogens with two attached hydrogens (primary N) is 1. The van der Waals surface area contributed by atoms with E-state index in [0.29, 0.717) is 17.0 Å². The largest absolute Gasteiger partial charge is 0.508 e. The number of hydrogen-bond donors (Lipinski definition) is 3. The van der Waals surface area contributed by atoms with Crippen LogP contribution in [0.4, 0.5) is 5.69 Å². The van der Waals surface area contributed by atoms with Crippen LogP contribution in [0.5, 0.6) is 5.75 Å². The number of phenols is 1. The average Bonchev–Trinajstić information content (AvgIpc) is 2.77. The Hall–Kier alpha value is -2.43. The molecule has 0 aliphatic heterocycles. The Bertz CT molecular complexity index is 575. The lowest BCUT2D eigenvalue weighted by Crippen LogP contribution is -2.22. The normalized spacial score (nSPS) is 10.3. The summed E-state index contributed by atoms with van der Waals surface area (Å²) in [6, 6.07) is 8.02. The van der Waals surface area contributed by atoms with Gasteiger partial charge in [-0.2, -0.15) is 0 Å². The van der Waals surface area contributed by atoms with Gasteiger partial charge in [-0.1, -0.05) is 0 Å². The van der Waals surface area contributed by atoms with Gasteiger partial charge < -0.3 is 20.6 Å². The highest BCUT2D eigenvalue weighted by Crippen LogP contribution is 2.19. The maximum absolute atomic E-state index is 11.7. The molecule has 0 saturated carbocycles. The third-order valence-electron chi connectivity index (χ3n) is 2.51. The van der Waals surface area contributed by atoms with Crippen molar-refractivity contribution in [2.75, 3.05) is 5.73 Å². The second-order valence-corrected chi connectivity index (χ2v) is 3.98. The summed E-state index contributed by atoms with van der Waals surface area (Å²) >= 11 is 0. The highest BCUT2D eigenvalue weighted by Gasteiger charge is 2.10. The summed E-state index contributed by atoms with van der Waals surface area (Å²) < 4.78 is 5.19. The fourth-order valence-electron chi connectivity index (χ4n) is 1.57. The third-order valence-corrected chi connectivity index (χ3v) is 2.51. The van der Waals surface area contributed by atoms with Gasteiger partial charge in [-0.25, -0.2) is 0 Å². The van der Waals surface area contributed by atoms with E-state index < -0.39 is 0 Å². The van der Waals surface area contributed by atoms with Gasteiger partial charge in [0.05, 0.1) is 0 Å². The quantitative estimate of drug-likeness (QED) is 0.569. The fraction of sp³-hybridized carbons (Fsp3) is 0.154. The van der Waals surface area contributed by atoms with Gasteiger partial charge in [-0.05, 0) is 37.3 Å². The summed E-state index contributed by atoms with van der Waals surface area (Å²) in [7, 11) is 0. The molecule has 0 aliphatic carbocycles. The number of furan rings is 1. The summed E-state index contributed by atoms with van der Waals surface area (Å²) in [4.78, 5) is 11.7. The molecule has 0 aliphatic rings. The van der Waals surface area contributed by atoms with E-state index in [9.17, 15) is 9.90 Å². The van der Waals surface area contributed by atoms with Crippen molar-refractivity contribution in [1.82, 2.24) is 5.32 Å². The van der Waals surface area contributed by atoms with Crippen LogP contribution < -0.4 is 11.1 Å². The van der Waals surface area contributed by atoms with Crippen molar-refractivity contribution in [2.45, 2.75) is 13.5 Å². The van der Waals surface area contributed by atoms with Crippen LogP contribution in [0.3, 0.4) is 0 Å². The Morgan fingerprint density at radius 3 is 2.83 bits per heavy atom. The van der Waals surface area contributed by atoms with Crippen LogP contribution in [0.1, 0.15) is 21.9 Å². The lowest BCUT2D eigenvalue weighted by atomic mass is 10.2. The zero-order valence-corrected chi connectivity index (χ0v) is 9.93. The highest BCUT2D eigenvalue weighted by molar-refractivity contribution is 5.91. The molecular weight excluding hydrogens is 232 g/mol. The van der Waals surface area contributed by atoms with Crippen molar-refractivity contribution in [2.24, 2.45) is 0 Å². The van der Waals surface area contributed by atoms with Crippen molar-refractivity contribution in [3.05, 3.63) is 47.4 Å². The van der Waals surface area contributed by atoms with Gasteiger partial charge in [-0.3, -0.25) is 4.79 Å². The van der Waals surface area contributed by atoms with Crippen LogP contribution in [0.15, 0.2) is 34.7 Å². The summed E-state index contributed by atoms with van der Waals surface area (Å²) in [5.74, 6) is 0.688. The molecule has 1 amide bonds. The zero-order valence-electron chi connectivity index (χ0n) is 9.93. The molecule has 0 bridgehead atoms. The van der Waals surface area contributed by atoms with E-state index in [1.807, 2.05) is 0 Å². The van der Waals surface area contributed by atoms with E-state index in [4.69, 9.17) is 10.2 Å². The number of carbonyl (C=O) groups excluding carboxylic acids is 1. The number of aromatic hydroxyl groups is 1. The van der Waals surface area contributed by atoms with Gasteiger partial charge in [0, 0.05) is 17.8 Å². The molecule has 5 nitrogen and oxygen atoms in total. The standard InChI is InChI=1S/C13H14N2O3/c1-8-2-5-12(18-8)13(17)15-7-9-6-10(14)3-4-11(9)16/h2-6,16H,7,14H2,1H3,(H,15,17). The molecule has 1 aromatic carbocycles. The van der Waals surface area contributed by atoms with E-state index in [1.54, 1.807) is 31.2 Å². The molecular formula is C13H14N2O3. The van der Waals surface area contributed by atoms with Crippen LogP contribution in [-0.2, 0) is 6.54 Å². The molecule has 0 spiro atoms. The van der Waals surface area contributed by atoms with Gasteiger partial charge in [-0.15, -0.1) is 0 Å². The predicted octanol–water partition coefficient (Wildman–Crippen LogP) is 1.81. The molecule has 4 N–H and O–H groups in total. The number of carbonyl (C=O) groups is 1. The minimum Gasteiger partial charge on any atom is -0.508 e. The van der Waals surface area contributed by atoms with E-state index in [1.165, 1.54) is 6.07 Å². The molecule has 5 heteroatoms. The first kappa shape index (κ1) is 12.0. The smallest absolute Gasteiger partial charge is 0.287 e. The van der Waals surface area contributed by atoms with E-state index in [0.717, 1.165) is 0 Å². The molecule has 1 heterocycles. The summed E-state index contributed by atoms with van der Waals surface area (Å²) in [6.45, 7) is 1.95. The second kappa shape index (κ2) is 4.83. The molecule has 0 unspecified atom stereocenters. The second-order valence-electron chi connectivity index (χ2n) is 3.98. The summed E-state index contributed by atoms with van der Waals surface area (Å²) in [5.41, 5.74) is 6.70. The van der Waals surface area contributed by atoms with E-state index in [2.05, 4.69) is 5.32 Å². The van der Waals surface area contributed by atoms with Gasteiger partial charge in [0.1, 0.15) is 11.5 Å². The average molecular weight is 246 g/mol. The molecule has 2 rings (SSSR count). The molecule has 0 fully saturated rings. The Morgan fingerprint density at radius 1 is 1.39 bits per heavy atom. The number of aryl methyl sites for hydroxylation is 1. The molecule has 0 saturated heterocycles. The van der Waals surface area contributed by atoms with E-state index in [-0.39, 0.29) is 24.0 Å². The monoisotopic (exact) mass is 246 g/mol. The number of anilines is 1. The Labute approximate surface area is 104 Å². The molecule has 0 atom stereocenters. The van der Waals surface area contributed by atoms with Gasteiger partial charge in [0.15, 0.2) is 5.76 Å². The fourth-order valence-corrected chi connectivity index (χ4v) is 1.57. The first-order valence-corrected chi connectivity index (χ1v) is 5.48. The first-order chi connectivity index (χ1) is 8.56. The number of amides is 1. The Balaban J connectivity index is 2.03. The van der Waals surface area contributed by atoms with Crippen LogP contribution in [0.2, 0.25) is 0 Å². The topological polar surface area (TPSA) is 88.5 Å². The molecule has 2 aromatic rings. The van der Waals surface area contributed by atoms with Crippen LogP contribution in [0.25, 0.3) is 0 Å². The number of nitrogen functional groups attached to an aromatic ring is 1. The number of nitrogens with one attached hydrogen (secondary N) is 1. The predicted molar refractivity (Wildman–Crippen MR) is 67.1 cm³/mol. The van der Waals surface area contributed by atoms with Crippen molar-refractivity contribution < 1.29 is 14.3 Å². The van der Waals surface area contributed by atoms with Crippen molar-refractivity contribution >= 4 is 11.6 Å². The zero-order chi connectivity index (χ0) is 13.1. The number of benzene rings is 1.